The lowest BCUT2D eigenvalue weighted by molar-refractivity contribution is -0.125. The minimum atomic E-state index is 0. The average molecular weight is 363 g/mol. The van der Waals surface area contributed by atoms with E-state index in [0.29, 0.717) is 6.54 Å². The van der Waals surface area contributed by atoms with Gasteiger partial charge in [0.25, 0.3) is 0 Å². The molecule has 0 atom stereocenters. The smallest absolute Gasteiger partial charge is 0.223 e. The van der Waals surface area contributed by atoms with E-state index in [9.17, 15) is 4.79 Å². The molecular formula is C19H27ClN4O. The van der Waals surface area contributed by atoms with Crippen molar-refractivity contribution < 1.29 is 4.79 Å². The summed E-state index contributed by atoms with van der Waals surface area (Å²) in [4.78, 5) is 12.3. The fourth-order valence-corrected chi connectivity index (χ4v) is 3.30. The number of hydrogen-bond donors (Lipinski definition) is 2. The normalized spacial score (nSPS) is 14.8. The van der Waals surface area contributed by atoms with Crippen molar-refractivity contribution in [1.82, 2.24) is 20.4 Å². The second kappa shape index (κ2) is 9.02. The number of carbonyl (C=O) groups excluding carboxylic acids is 1. The van der Waals surface area contributed by atoms with Crippen LogP contribution in [0.2, 0.25) is 0 Å². The SMILES string of the molecule is Cc1nn(Cc2ccccc2)c(C)c1CNC(=O)C1CCNCC1.Cl. The molecular weight excluding hydrogens is 336 g/mol. The van der Waals surface area contributed by atoms with Crippen LogP contribution in [0.5, 0.6) is 0 Å². The minimum absolute atomic E-state index is 0. The molecule has 1 aromatic carbocycles. The topological polar surface area (TPSA) is 59.0 Å². The van der Waals surface area contributed by atoms with Gasteiger partial charge >= 0.3 is 0 Å². The Bertz CT molecular complexity index is 693. The lowest BCUT2D eigenvalue weighted by Gasteiger charge is -2.21. The van der Waals surface area contributed by atoms with Gasteiger partial charge in [0.05, 0.1) is 12.2 Å². The number of rotatable bonds is 5. The molecule has 0 saturated carbocycles. The zero-order chi connectivity index (χ0) is 16.9. The van der Waals surface area contributed by atoms with Crippen LogP contribution in [0.25, 0.3) is 0 Å². The molecule has 2 aromatic rings. The molecule has 0 aliphatic carbocycles. The molecule has 2 heterocycles. The number of nitrogens with zero attached hydrogens (tertiary/aromatic N) is 2. The first-order valence-electron chi connectivity index (χ1n) is 8.70. The summed E-state index contributed by atoms with van der Waals surface area (Å²) in [6.07, 6.45) is 1.86. The van der Waals surface area contributed by atoms with E-state index in [-0.39, 0.29) is 24.2 Å². The highest BCUT2D eigenvalue weighted by Gasteiger charge is 2.21. The maximum absolute atomic E-state index is 12.3. The predicted molar refractivity (Wildman–Crippen MR) is 102 cm³/mol. The van der Waals surface area contributed by atoms with E-state index in [2.05, 4.69) is 34.8 Å². The number of hydrogen-bond acceptors (Lipinski definition) is 3. The number of carbonyl (C=O) groups is 1. The maximum Gasteiger partial charge on any atom is 0.223 e. The van der Waals surface area contributed by atoms with Crippen molar-refractivity contribution in [3.05, 3.63) is 52.8 Å². The molecule has 1 aromatic heterocycles. The lowest BCUT2D eigenvalue weighted by atomic mass is 9.97. The zero-order valence-electron chi connectivity index (χ0n) is 14.9. The molecule has 3 rings (SSSR count). The van der Waals surface area contributed by atoms with E-state index in [1.54, 1.807) is 0 Å². The van der Waals surface area contributed by atoms with E-state index < -0.39 is 0 Å². The largest absolute Gasteiger partial charge is 0.352 e. The molecule has 6 heteroatoms. The van der Waals surface area contributed by atoms with Gasteiger partial charge in [0.1, 0.15) is 0 Å². The van der Waals surface area contributed by atoms with Gasteiger partial charge in [0, 0.05) is 23.7 Å². The number of amides is 1. The maximum atomic E-state index is 12.3. The average Bonchev–Trinajstić information content (AvgIpc) is 2.88. The molecule has 1 saturated heterocycles. The Labute approximate surface area is 155 Å². The lowest BCUT2D eigenvalue weighted by Crippen LogP contribution is -2.38. The summed E-state index contributed by atoms with van der Waals surface area (Å²) in [7, 11) is 0. The minimum Gasteiger partial charge on any atom is -0.352 e. The first kappa shape index (κ1) is 19.5. The summed E-state index contributed by atoms with van der Waals surface area (Å²) in [6, 6.07) is 10.3. The van der Waals surface area contributed by atoms with E-state index in [1.165, 1.54) is 5.56 Å². The molecule has 1 amide bonds. The number of aryl methyl sites for hydroxylation is 1. The van der Waals surface area contributed by atoms with Crippen LogP contribution in [-0.2, 0) is 17.9 Å². The molecule has 2 N–H and O–H groups in total. The van der Waals surface area contributed by atoms with Crippen molar-refractivity contribution >= 4 is 18.3 Å². The van der Waals surface area contributed by atoms with Crippen molar-refractivity contribution in [2.75, 3.05) is 13.1 Å². The summed E-state index contributed by atoms with van der Waals surface area (Å²) in [5.41, 5.74) is 4.48. The highest BCUT2D eigenvalue weighted by molar-refractivity contribution is 5.85. The van der Waals surface area contributed by atoms with Gasteiger partial charge in [-0.25, -0.2) is 0 Å². The van der Waals surface area contributed by atoms with Crippen molar-refractivity contribution in [1.29, 1.82) is 0 Å². The zero-order valence-corrected chi connectivity index (χ0v) is 15.7. The highest BCUT2D eigenvalue weighted by Crippen LogP contribution is 2.16. The Kier molecular flexibility index (Phi) is 7.02. The fraction of sp³-hybridized carbons (Fsp3) is 0.474. The number of aromatic nitrogens is 2. The third-order valence-electron chi connectivity index (χ3n) is 4.86. The fourth-order valence-electron chi connectivity index (χ4n) is 3.30. The van der Waals surface area contributed by atoms with E-state index >= 15 is 0 Å². The van der Waals surface area contributed by atoms with Crippen molar-refractivity contribution in [2.45, 2.75) is 39.8 Å². The van der Waals surface area contributed by atoms with E-state index in [0.717, 1.165) is 49.4 Å². The molecule has 0 bridgehead atoms. The number of halogens is 1. The van der Waals surface area contributed by atoms with Gasteiger partial charge in [-0.1, -0.05) is 30.3 Å². The van der Waals surface area contributed by atoms with Crippen LogP contribution in [0.4, 0.5) is 0 Å². The second-order valence-corrected chi connectivity index (χ2v) is 6.53. The first-order valence-corrected chi connectivity index (χ1v) is 8.70. The molecule has 0 radical (unpaired) electrons. The van der Waals surface area contributed by atoms with Gasteiger partial charge in [-0.2, -0.15) is 5.10 Å². The highest BCUT2D eigenvalue weighted by atomic mass is 35.5. The van der Waals surface area contributed by atoms with Crippen molar-refractivity contribution in [2.24, 2.45) is 5.92 Å². The summed E-state index contributed by atoms with van der Waals surface area (Å²) in [6.45, 7) is 7.29. The molecule has 1 aliphatic rings. The van der Waals surface area contributed by atoms with Crippen LogP contribution in [0.1, 0.15) is 35.4 Å². The van der Waals surface area contributed by atoms with Gasteiger partial charge in [0.2, 0.25) is 5.91 Å². The Balaban J connectivity index is 0.00000225. The van der Waals surface area contributed by atoms with E-state index in [1.807, 2.05) is 29.8 Å². The van der Waals surface area contributed by atoms with Crippen molar-refractivity contribution in [3.63, 3.8) is 0 Å². The molecule has 136 valence electrons. The van der Waals surface area contributed by atoms with Gasteiger partial charge in [-0.05, 0) is 45.3 Å². The third kappa shape index (κ3) is 4.83. The Morgan fingerprint density at radius 1 is 1.24 bits per heavy atom. The Morgan fingerprint density at radius 2 is 1.92 bits per heavy atom. The van der Waals surface area contributed by atoms with Crippen molar-refractivity contribution in [3.8, 4) is 0 Å². The number of piperidine rings is 1. The predicted octanol–water partition coefficient (Wildman–Crippen LogP) is 2.59. The van der Waals surface area contributed by atoms with Gasteiger partial charge in [-0.3, -0.25) is 9.48 Å². The first-order chi connectivity index (χ1) is 11.6. The summed E-state index contributed by atoms with van der Waals surface area (Å²) in [5.74, 6) is 0.317. The molecule has 25 heavy (non-hydrogen) atoms. The van der Waals surface area contributed by atoms with E-state index in [4.69, 9.17) is 0 Å². The van der Waals surface area contributed by atoms with Gasteiger partial charge in [0.15, 0.2) is 0 Å². The van der Waals surface area contributed by atoms with Crippen LogP contribution in [0.15, 0.2) is 30.3 Å². The molecule has 1 fully saturated rings. The Morgan fingerprint density at radius 3 is 2.60 bits per heavy atom. The van der Waals surface area contributed by atoms with Gasteiger partial charge in [-0.15, -0.1) is 12.4 Å². The Hall–Kier alpha value is -1.85. The molecule has 1 aliphatic heterocycles. The number of nitrogens with one attached hydrogen (secondary N) is 2. The van der Waals surface area contributed by atoms with Gasteiger partial charge < -0.3 is 10.6 Å². The van der Waals surface area contributed by atoms with Crippen LogP contribution >= 0.6 is 12.4 Å². The quantitative estimate of drug-likeness (QED) is 0.859. The summed E-state index contributed by atoms with van der Waals surface area (Å²) < 4.78 is 2.02. The molecule has 0 spiro atoms. The summed E-state index contributed by atoms with van der Waals surface area (Å²) in [5, 5.41) is 11.1. The molecule has 5 nitrogen and oxygen atoms in total. The van der Waals surface area contributed by atoms with Crippen LogP contribution in [-0.4, -0.2) is 28.8 Å². The van der Waals surface area contributed by atoms with Crippen LogP contribution < -0.4 is 10.6 Å². The second-order valence-electron chi connectivity index (χ2n) is 6.53. The third-order valence-corrected chi connectivity index (χ3v) is 4.86. The standard InChI is InChI=1S/C19H26N4O.ClH/c1-14-18(12-21-19(24)17-8-10-20-11-9-17)15(2)23(22-14)13-16-6-4-3-5-7-16;/h3-7,17,20H,8-13H2,1-2H3,(H,21,24);1H. The monoisotopic (exact) mass is 362 g/mol. The van der Waals surface area contributed by atoms with Crippen LogP contribution in [0, 0.1) is 19.8 Å². The summed E-state index contributed by atoms with van der Waals surface area (Å²) >= 11 is 0. The van der Waals surface area contributed by atoms with Crippen LogP contribution in [0.3, 0.4) is 0 Å². The number of benzene rings is 1. The molecule has 0 unspecified atom stereocenters.